The molecule has 5 nitrogen and oxygen atoms in total. The SMILES string of the molecule is CS(=O)(=O)N(CC(=O)NCCCSc1ccc(Cl)cc1)c1ccc(Cl)cc1Cl. The van der Waals surface area contributed by atoms with Crippen molar-refractivity contribution in [1.29, 1.82) is 0 Å². The lowest BCUT2D eigenvalue weighted by Crippen LogP contribution is -2.40. The Kier molecular flexibility index (Phi) is 8.77. The normalized spacial score (nSPS) is 11.3. The van der Waals surface area contributed by atoms with E-state index in [4.69, 9.17) is 34.8 Å². The summed E-state index contributed by atoms with van der Waals surface area (Å²) in [7, 11) is -3.69. The number of carbonyl (C=O) groups is 1. The average molecular weight is 482 g/mol. The highest BCUT2D eigenvalue weighted by molar-refractivity contribution is 7.99. The summed E-state index contributed by atoms with van der Waals surface area (Å²) in [6.07, 6.45) is 1.76. The molecule has 0 fully saturated rings. The predicted molar refractivity (Wildman–Crippen MR) is 118 cm³/mol. The molecule has 0 saturated heterocycles. The van der Waals surface area contributed by atoms with Crippen LogP contribution in [0.25, 0.3) is 0 Å². The molecule has 0 aliphatic rings. The molecule has 28 heavy (non-hydrogen) atoms. The molecule has 2 aromatic rings. The van der Waals surface area contributed by atoms with Crippen LogP contribution in [0.1, 0.15) is 6.42 Å². The van der Waals surface area contributed by atoms with Crippen molar-refractivity contribution in [2.45, 2.75) is 11.3 Å². The number of amides is 1. The first-order valence-corrected chi connectivity index (χ1v) is 12.2. The van der Waals surface area contributed by atoms with E-state index >= 15 is 0 Å². The van der Waals surface area contributed by atoms with Gasteiger partial charge in [0.25, 0.3) is 0 Å². The van der Waals surface area contributed by atoms with Gasteiger partial charge in [-0.05, 0) is 54.6 Å². The molecular weight excluding hydrogens is 463 g/mol. The van der Waals surface area contributed by atoms with Gasteiger partial charge in [0.15, 0.2) is 0 Å². The first-order valence-electron chi connectivity index (χ1n) is 8.24. The molecule has 0 atom stereocenters. The number of sulfonamides is 1. The number of nitrogens with zero attached hydrogens (tertiary/aromatic N) is 1. The Balaban J connectivity index is 1.85. The number of hydrogen-bond donors (Lipinski definition) is 1. The van der Waals surface area contributed by atoms with Crippen LogP contribution in [0.15, 0.2) is 47.4 Å². The van der Waals surface area contributed by atoms with Gasteiger partial charge in [0.2, 0.25) is 15.9 Å². The fourth-order valence-corrected chi connectivity index (χ4v) is 4.68. The van der Waals surface area contributed by atoms with E-state index in [2.05, 4.69) is 5.32 Å². The second-order valence-corrected chi connectivity index (χ2v) is 10.2. The van der Waals surface area contributed by atoms with Gasteiger partial charge in [0, 0.05) is 21.5 Å². The summed E-state index contributed by atoms with van der Waals surface area (Å²) in [6, 6.07) is 12.0. The van der Waals surface area contributed by atoms with Gasteiger partial charge in [0.05, 0.1) is 17.0 Å². The molecule has 0 aromatic heterocycles. The van der Waals surface area contributed by atoms with Gasteiger partial charge >= 0.3 is 0 Å². The molecule has 0 bridgehead atoms. The Bertz CT molecular complexity index is 922. The lowest BCUT2D eigenvalue weighted by molar-refractivity contribution is -0.119. The number of carbonyl (C=O) groups excluding carboxylic acids is 1. The van der Waals surface area contributed by atoms with Crippen molar-refractivity contribution in [2.24, 2.45) is 0 Å². The Hall–Kier alpha value is -1.12. The van der Waals surface area contributed by atoms with Crippen molar-refractivity contribution in [3.8, 4) is 0 Å². The highest BCUT2D eigenvalue weighted by atomic mass is 35.5. The highest BCUT2D eigenvalue weighted by Gasteiger charge is 2.23. The van der Waals surface area contributed by atoms with Gasteiger partial charge in [-0.2, -0.15) is 0 Å². The zero-order valence-electron chi connectivity index (χ0n) is 15.0. The maximum Gasteiger partial charge on any atom is 0.240 e. The Labute approximate surface area is 184 Å². The number of hydrogen-bond acceptors (Lipinski definition) is 4. The maximum atomic E-state index is 12.2. The van der Waals surface area contributed by atoms with E-state index in [1.807, 2.05) is 24.3 Å². The van der Waals surface area contributed by atoms with Crippen LogP contribution < -0.4 is 9.62 Å². The zero-order chi connectivity index (χ0) is 20.7. The van der Waals surface area contributed by atoms with Gasteiger partial charge in [-0.3, -0.25) is 9.10 Å². The molecule has 1 amide bonds. The third-order valence-corrected chi connectivity index (χ3v) is 6.61. The molecule has 10 heteroatoms. The highest BCUT2D eigenvalue weighted by Crippen LogP contribution is 2.30. The minimum absolute atomic E-state index is 0.157. The van der Waals surface area contributed by atoms with Crippen LogP contribution in [0.4, 0.5) is 5.69 Å². The summed E-state index contributed by atoms with van der Waals surface area (Å²) in [4.78, 5) is 13.3. The molecule has 0 heterocycles. The van der Waals surface area contributed by atoms with Crippen LogP contribution in [0, 0.1) is 0 Å². The monoisotopic (exact) mass is 480 g/mol. The van der Waals surface area contributed by atoms with E-state index < -0.39 is 15.9 Å². The Morgan fingerprint density at radius 1 is 1.07 bits per heavy atom. The van der Waals surface area contributed by atoms with Gasteiger partial charge in [-0.1, -0.05) is 34.8 Å². The van der Waals surface area contributed by atoms with Crippen LogP contribution in [-0.2, 0) is 14.8 Å². The standard InChI is InChI=1S/C18H19Cl3N2O3S2/c1-28(25,26)23(17-8-5-14(20)11-16(17)21)12-18(24)22-9-2-10-27-15-6-3-13(19)4-7-15/h3-8,11H,2,9-10,12H2,1H3,(H,22,24). The second-order valence-electron chi connectivity index (χ2n) is 5.87. The van der Waals surface area contributed by atoms with E-state index in [9.17, 15) is 13.2 Å². The van der Waals surface area contributed by atoms with Crippen molar-refractivity contribution in [1.82, 2.24) is 5.32 Å². The Morgan fingerprint density at radius 2 is 1.71 bits per heavy atom. The number of anilines is 1. The third-order valence-electron chi connectivity index (χ3n) is 3.59. The van der Waals surface area contributed by atoms with E-state index in [0.717, 1.165) is 27.6 Å². The molecule has 0 saturated carbocycles. The summed E-state index contributed by atoms with van der Waals surface area (Å²) in [5, 5.41) is 3.96. The molecule has 0 unspecified atom stereocenters. The fraction of sp³-hybridized carbons (Fsp3) is 0.278. The minimum atomic E-state index is -3.69. The second kappa shape index (κ2) is 10.6. The first-order chi connectivity index (χ1) is 13.2. The van der Waals surface area contributed by atoms with Crippen LogP contribution in [0.5, 0.6) is 0 Å². The topological polar surface area (TPSA) is 66.5 Å². The third kappa shape index (κ3) is 7.37. The molecule has 0 spiro atoms. The number of rotatable bonds is 9. The summed E-state index contributed by atoms with van der Waals surface area (Å²) in [5.74, 6) is 0.397. The molecule has 152 valence electrons. The molecule has 0 radical (unpaired) electrons. The smallest absolute Gasteiger partial charge is 0.240 e. The van der Waals surface area contributed by atoms with Gasteiger partial charge in [0.1, 0.15) is 6.54 Å². The molecule has 1 N–H and O–H groups in total. The number of thioether (sulfide) groups is 1. The largest absolute Gasteiger partial charge is 0.354 e. The zero-order valence-corrected chi connectivity index (χ0v) is 18.9. The van der Waals surface area contributed by atoms with Crippen molar-refractivity contribution in [2.75, 3.05) is 29.4 Å². The first kappa shape index (κ1) is 23.2. The number of halogens is 3. The van der Waals surface area contributed by atoms with Crippen molar-refractivity contribution in [3.63, 3.8) is 0 Å². The van der Waals surface area contributed by atoms with E-state index in [1.165, 1.54) is 18.2 Å². The quantitative estimate of drug-likeness (QED) is 0.416. The van der Waals surface area contributed by atoms with E-state index in [1.54, 1.807) is 11.8 Å². The van der Waals surface area contributed by atoms with Crippen molar-refractivity contribution < 1.29 is 13.2 Å². The summed E-state index contributed by atoms with van der Waals surface area (Å²) in [6.45, 7) is 0.0793. The predicted octanol–water partition coefficient (Wildman–Crippen LogP) is 4.71. The summed E-state index contributed by atoms with van der Waals surface area (Å²) < 4.78 is 25.2. The van der Waals surface area contributed by atoms with Crippen LogP contribution in [-0.4, -0.2) is 39.4 Å². The van der Waals surface area contributed by atoms with Crippen LogP contribution in [0.3, 0.4) is 0 Å². The lowest BCUT2D eigenvalue weighted by Gasteiger charge is -2.23. The average Bonchev–Trinajstić information content (AvgIpc) is 2.61. The van der Waals surface area contributed by atoms with Gasteiger partial charge in [-0.25, -0.2) is 8.42 Å². The van der Waals surface area contributed by atoms with Crippen molar-refractivity contribution >= 4 is 68.2 Å². The minimum Gasteiger partial charge on any atom is -0.354 e. The molecule has 2 rings (SSSR count). The fourth-order valence-electron chi connectivity index (χ4n) is 2.27. The van der Waals surface area contributed by atoms with Crippen LogP contribution >= 0.6 is 46.6 Å². The number of nitrogens with one attached hydrogen (secondary N) is 1. The van der Waals surface area contributed by atoms with Crippen molar-refractivity contribution in [3.05, 3.63) is 57.5 Å². The van der Waals surface area contributed by atoms with Crippen LogP contribution in [0.2, 0.25) is 15.1 Å². The molecule has 0 aliphatic carbocycles. The van der Waals surface area contributed by atoms with Gasteiger partial charge < -0.3 is 5.32 Å². The molecular formula is C18H19Cl3N2O3S2. The lowest BCUT2D eigenvalue weighted by atomic mass is 10.3. The summed E-state index contributed by atoms with van der Waals surface area (Å²) in [5.41, 5.74) is 0.210. The van der Waals surface area contributed by atoms with E-state index in [-0.39, 0.29) is 17.3 Å². The summed E-state index contributed by atoms with van der Waals surface area (Å²) >= 11 is 19.4. The van der Waals surface area contributed by atoms with Gasteiger partial charge in [-0.15, -0.1) is 11.8 Å². The molecule has 0 aliphatic heterocycles. The number of benzene rings is 2. The Morgan fingerprint density at radius 3 is 2.32 bits per heavy atom. The van der Waals surface area contributed by atoms with E-state index in [0.29, 0.717) is 16.6 Å². The molecule has 2 aromatic carbocycles. The maximum absolute atomic E-state index is 12.2.